The SMILES string of the molecule is CN(C)C1=CC=c2oc3c(c2C1)C=C(Nc1ccc2ccccc2c1)C=CC=3. The highest BCUT2D eigenvalue weighted by Crippen LogP contribution is 2.22. The third-order valence-corrected chi connectivity index (χ3v) is 5.33. The van der Waals surface area contributed by atoms with Gasteiger partial charge in [0.1, 0.15) is 10.8 Å². The minimum Gasteiger partial charge on any atom is -0.456 e. The van der Waals surface area contributed by atoms with Crippen molar-refractivity contribution in [3.63, 3.8) is 0 Å². The molecule has 1 N–H and O–H groups in total. The number of nitrogens with one attached hydrogen (secondary N) is 1. The van der Waals surface area contributed by atoms with Crippen LogP contribution in [0.2, 0.25) is 0 Å². The van der Waals surface area contributed by atoms with Gasteiger partial charge >= 0.3 is 0 Å². The molecule has 0 saturated carbocycles. The van der Waals surface area contributed by atoms with Crippen LogP contribution < -0.4 is 16.1 Å². The van der Waals surface area contributed by atoms with Gasteiger partial charge in [-0.3, -0.25) is 0 Å². The van der Waals surface area contributed by atoms with Gasteiger partial charge < -0.3 is 14.6 Å². The number of hydrogen-bond donors (Lipinski definition) is 1. The van der Waals surface area contributed by atoms with Crippen molar-refractivity contribution in [2.75, 3.05) is 19.4 Å². The molecule has 0 saturated heterocycles. The second-order valence-corrected chi connectivity index (χ2v) is 7.43. The summed E-state index contributed by atoms with van der Waals surface area (Å²) >= 11 is 0. The fourth-order valence-electron chi connectivity index (χ4n) is 3.79. The van der Waals surface area contributed by atoms with Crippen LogP contribution in [-0.2, 0) is 6.42 Å². The van der Waals surface area contributed by atoms with Crippen molar-refractivity contribution < 1.29 is 4.42 Å². The molecule has 3 aromatic rings. The van der Waals surface area contributed by atoms with E-state index in [1.807, 2.05) is 12.2 Å². The highest BCUT2D eigenvalue weighted by atomic mass is 16.3. The van der Waals surface area contributed by atoms with Crippen molar-refractivity contribution in [1.29, 1.82) is 0 Å². The molecule has 0 aliphatic heterocycles. The molecule has 0 unspecified atom stereocenters. The van der Waals surface area contributed by atoms with Gasteiger partial charge in [0, 0.05) is 48.7 Å². The minimum absolute atomic E-state index is 0.880. The Morgan fingerprint density at radius 2 is 1.79 bits per heavy atom. The number of likely N-dealkylation sites (N-methyl/N-ethyl adjacent to an activating group) is 1. The fraction of sp³-hybridized carbons (Fsp3) is 0.120. The van der Waals surface area contributed by atoms with Crippen molar-refractivity contribution >= 4 is 34.7 Å². The van der Waals surface area contributed by atoms with Crippen LogP contribution in [0.15, 0.2) is 76.5 Å². The zero-order chi connectivity index (χ0) is 19.1. The fourth-order valence-corrected chi connectivity index (χ4v) is 3.79. The molecule has 28 heavy (non-hydrogen) atoms. The summed E-state index contributed by atoms with van der Waals surface area (Å²) in [6, 6.07) is 14.9. The van der Waals surface area contributed by atoms with Crippen LogP contribution in [0.3, 0.4) is 0 Å². The zero-order valence-corrected chi connectivity index (χ0v) is 16.1. The molecule has 2 aliphatic carbocycles. The maximum absolute atomic E-state index is 6.09. The van der Waals surface area contributed by atoms with Crippen LogP contribution in [0.25, 0.3) is 29.0 Å². The van der Waals surface area contributed by atoms with Gasteiger partial charge in [-0.25, -0.2) is 0 Å². The number of furan rings is 1. The largest absolute Gasteiger partial charge is 0.456 e. The highest BCUT2D eigenvalue weighted by molar-refractivity contribution is 5.86. The molecule has 3 nitrogen and oxygen atoms in total. The normalized spacial score (nSPS) is 14.8. The lowest BCUT2D eigenvalue weighted by Crippen LogP contribution is -2.19. The molecule has 138 valence electrons. The molecule has 5 rings (SSSR count). The number of rotatable bonds is 3. The van der Waals surface area contributed by atoms with Gasteiger partial charge in [-0.2, -0.15) is 0 Å². The standard InChI is InChI=1S/C25H22N2O/c1-27(2)21-12-13-25-23(16-21)22-15-19(8-5-9-24(22)28-25)26-20-11-10-17-6-3-4-7-18(17)14-20/h3-15,26H,16H2,1-2H3. The summed E-state index contributed by atoms with van der Waals surface area (Å²) in [6.07, 6.45) is 13.5. The van der Waals surface area contributed by atoms with Gasteiger partial charge in [-0.15, -0.1) is 0 Å². The van der Waals surface area contributed by atoms with E-state index in [1.54, 1.807) is 0 Å². The van der Waals surface area contributed by atoms with Crippen LogP contribution in [0.5, 0.6) is 0 Å². The summed E-state index contributed by atoms with van der Waals surface area (Å²) in [5, 5.41) is 6.04. The molecule has 0 radical (unpaired) electrons. The van der Waals surface area contributed by atoms with E-state index >= 15 is 0 Å². The second-order valence-electron chi connectivity index (χ2n) is 7.43. The van der Waals surface area contributed by atoms with E-state index in [0.29, 0.717) is 0 Å². The Balaban J connectivity index is 1.52. The zero-order valence-electron chi connectivity index (χ0n) is 16.1. The lowest BCUT2D eigenvalue weighted by atomic mass is 10.0. The molecular weight excluding hydrogens is 344 g/mol. The third kappa shape index (κ3) is 2.95. The number of hydrogen-bond acceptors (Lipinski definition) is 3. The first-order valence-electron chi connectivity index (χ1n) is 9.53. The average molecular weight is 366 g/mol. The Morgan fingerprint density at radius 1 is 0.929 bits per heavy atom. The lowest BCUT2D eigenvalue weighted by molar-refractivity contribution is 0.480. The van der Waals surface area contributed by atoms with Crippen LogP contribution in [0.4, 0.5) is 5.69 Å². The first kappa shape index (κ1) is 16.7. The van der Waals surface area contributed by atoms with E-state index < -0.39 is 0 Å². The summed E-state index contributed by atoms with van der Waals surface area (Å²) in [6.45, 7) is 0. The summed E-state index contributed by atoms with van der Waals surface area (Å²) < 4.78 is 6.09. The van der Waals surface area contributed by atoms with Crippen molar-refractivity contribution in [2.24, 2.45) is 0 Å². The number of allylic oxidation sites excluding steroid dienone is 4. The van der Waals surface area contributed by atoms with Crippen molar-refractivity contribution in [1.82, 2.24) is 4.90 Å². The molecule has 1 aromatic heterocycles. The molecule has 2 aliphatic rings. The molecule has 0 amide bonds. The summed E-state index contributed by atoms with van der Waals surface area (Å²) in [5.41, 5.74) is 7.70. The Hall–Kier alpha value is -3.46. The van der Waals surface area contributed by atoms with Gasteiger partial charge in [-0.05, 0) is 53.3 Å². The van der Waals surface area contributed by atoms with Gasteiger partial charge in [0.25, 0.3) is 0 Å². The summed E-state index contributed by atoms with van der Waals surface area (Å²) in [7, 11) is 4.17. The van der Waals surface area contributed by atoms with Gasteiger partial charge in [-0.1, -0.05) is 36.4 Å². The Kier molecular flexibility index (Phi) is 3.94. The van der Waals surface area contributed by atoms with E-state index in [2.05, 4.69) is 91.1 Å². The first-order valence-corrected chi connectivity index (χ1v) is 9.53. The van der Waals surface area contributed by atoms with Crippen molar-refractivity contribution in [3.8, 4) is 0 Å². The first-order chi connectivity index (χ1) is 13.7. The smallest absolute Gasteiger partial charge is 0.135 e. The number of nitrogens with zero attached hydrogens (tertiary/aromatic N) is 1. The van der Waals surface area contributed by atoms with Crippen LogP contribution >= 0.6 is 0 Å². The molecule has 3 heteroatoms. The van der Waals surface area contributed by atoms with Gasteiger partial charge in [0.05, 0.1) is 0 Å². The van der Waals surface area contributed by atoms with E-state index in [-0.39, 0.29) is 0 Å². The lowest BCUT2D eigenvalue weighted by Gasteiger charge is -2.18. The monoisotopic (exact) mass is 366 g/mol. The average Bonchev–Trinajstić information content (AvgIpc) is 2.91. The molecule has 2 aromatic carbocycles. The molecule has 0 atom stereocenters. The topological polar surface area (TPSA) is 28.4 Å². The van der Waals surface area contributed by atoms with E-state index in [4.69, 9.17) is 4.42 Å². The molecule has 0 bridgehead atoms. The van der Waals surface area contributed by atoms with Crippen LogP contribution in [-0.4, -0.2) is 19.0 Å². The second kappa shape index (κ2) is 6.61. The minimum atomic E-state index is 0.880. The molecule has 0 spiro atoms. The Morgan fingerprint density at radius 3 is 2.64 bits per heavy atom. The van der Waals surface area contributed by atoms with Gasteiger partial charge in [0.15, 0.2) is 0 Å². The van der Waals surface area contributed by atoms with Crippen LogP contribution in [0.1, 0.15) is 11.1 Å². The predicted octanol–water partition coefficient (Wildman–Crippen LogP) is 4.02. The van der Waals surface area contributed by atoms with Crippen molar-refractivity contribution in [2.45, 2.75) is 6.42 Å². The molecule has 0 fully saturated rings. The molecular formula is C25H22N2O. The van der Waals surface area contributed by atoms with Crippen LogP contribution in [0, 0.1) is 0 Å². The van der Waals surface area contributed by atoms with E-state index in [9.17, 15) is 0 Å². The van der Waals surface area contributed by atoms with Gasteiger partial charge in [0.2, 0.25) is 0 Å². The summed E-state index contributed by atoms with van der Waals surface area (Å²) in [4.78, 5) is 2.16. The Labute approximate surface area is 164 Å². The maximum atomic E-state index is 6.09. The number of benzene rings is 2. The van der Waals surface area contributed by atoms with E-state index in [0.717, 1.165) is 34.2 Å². The van der Waals surface area contributed by atoms with Crippen molar-refractivity contribution in [3.05, 3.63) is 94.0 Å². The number of anilines is 1. The predicted molar refractivity (Wildman–Crippen MR) is 117 cm³/mol. The molecule has 1 heterocycles. The van der Waals surface area contributed by atoms with E-state index in [1.165, 1.54) is 22.0 Å². The summed E-state index contributed by atoms with van der Waals surface area (Å²) in [5.74, 6) is 0. The maximum Gasteiger partial charge on any atom is 0.135 e. The third-order valence-electron chi connectivity index (χ3n) is 5.33. The quantitative estimate of drug-likeness (QED) is 0.759. The highest BCUT2D eigenvalue weighted by Gasteiger charge is 2.17. The Bertz CT molecular complexity index is 1290. The number of fused-ring (bicyclic) bond motifs is 4.